The van der Waals surface area contributed by atoms with Gasteiger partial charge in [0.05, 0.1) is 6.42 Å². The van der Waals surface area contributed by atoms with Crippen molar-refractivity contribution in [2.75, 3.05) is 20.2 Å². The molecule has 35 heavy (non-hydrogen) atoms. The maximum Gasteiger partial charge on any atom is 0.407 e. The Bertz CT molecular complexity index is 1100. The van der Waals surface area contributed by atoms with E-state index in [2.05, 4.69) is 17.4 Å². The van der Waals surface area contributed by atoms with Crippen molar-refractivity contribution in [3.8, 4) is 11.1 Å². The lowest BCUT2D eigenvalue weighted by atomic mass is 9.88. The number of amides is 2. The summed E-state index contributed by atoms with van der Waals surface area (Å²) >= 11 is 0. The zero-order valence-corrected chi connectivity index (χ0v) is 20.0. The van der Waals surface area contributed by atoms with Crippen LogP contribution in [0.5, 0.6) is 0 Å². The number of carboxylic acids is 1. The molecule has 0 heterocycles. The van der Waals surface area contributed by atoms with Crippen LogP contribution in [0.3, 0.4) is 0 Å². The first kappa shape index (κ1) is 23.4. The van der Waals surface area contributed by atoms with Crippen LogP contribution < -0.4 is 5.32 Å². The molecule has 2 amide bonds. The number of hydrogen-bond acceptors (Lipinski definition) is 4. The molecule has 0 bridgehead atoms. The lowest BCUT2D eigenvalue weighted by Gasteiger charge is -2.30. The number of ether oxygens (including phenoxy) is 1. The van der Waals surface area contributed by atoms with Gasteiger partial charge in [0.25, 0.3) is 0 Å². The second kappa shape index (κ2) is 9.36. The van der Waals surface area contributed by atoms with Gasteiger partial charge < -0.3 is 20.1 Å². The van der Waals surface area contributed by atoms with Crippen LogP contribution in [0.15, 0.2) is 48.5 Å². The fourth-order valence-corrected chi connectivity index (χ4v) is 6.26. The highest BCUT2D eigenvalue weighted by atomic mass is 16.5. The molecule has 0 aliphatic heterocycles. The maximum atomic E-state index is 13.1. The molecule has 7 heteroatoms. The van der Waals surface area contributed by atoms with Crippen LogP contribution in [0.4, 0.5) is 4.79 Å². The molecular weight excluding hydrogens is 444 g/mol. The van der Waals surface area contributed by atoms with Gasteiger partial charge >= 0.3 is 12.1 Å². The molecule has 3 aliphatic rings. The van der Waals surface area contributed by atoms with Gasteiger partial charge in [0.2, 0.25) is 5.91 Å². The molecule has 0 saturated heterocycles. The molecule has 7 nitrogen and oxygen atoms in total. The minimum atomic E-state index is -1.16. The van der Waals surface area contributed by atoms with Gasteiger partial charge in [-0.05, 0) is 52.8 Å². The maximum absolute atomic E-state index is 13.1. The Morgan fingerprint density at radius 2 is 1.74 bits per heavy atom. The number of rotatable bonds is 8. The van der Waals surface area contributed by atoms with Gasteiger partial charge in [-0.1, -0.05) is 61.4 Å². The predicted molar refractivity (Wildman–Crippen MR) is 131 cm³/mol. The lowest BCUT2D eigenvalue weighted by Crippen LogP contribution is -2.50. The third-order valence-corrected chi connectivity index (χ3v) is 8.08. The minimum Gasteiger partial charge on any atom is -0.481 e. The Hall–Kier alpha value is -3.35. The number of carboxylic acid groups (broad SMARTS) is 1. The molecule has 2 aromatic carbocycles. The fraction of sp³-hybridized carbons (Fsp3) is 0.464. The highest BCUT2D eigenvalue weighted by Gasteiger charge is 2.55. The van der Waals surface area contributed by atoms with Crippen molar-refractivity contribution in [1.29, 1.82) is 0 Å². The number of carbonyl (C=O) groups excluding carboxylic acids is 2. The van der Waals surface area contributed by atoms with Gasteiger partial charge in [0.15, 0.2) is 0 Å². The molecule has 2 fully saturated rings. The van der Waals surface area contributed by atoms with E-state index < -0.39 is 24.5 Å². The number of likely N-dealkylation sites (N-methyl/N-ethyl adjacent to an activating group) is 1. The van der Waals surface area contributed by atoms with Gasteiger partial charge in [0, 0.05) is 19.5 Å². The Morgan fingerprint density at radius 1 is 1.09 bits per heavy atom. The van der Waals surface area contributed by atoms with Crippen LogP contribution in [0.25, 0.3) is 11.1 Å². The van der Waals surface area contributed by atoms with Crippen LogP contribution in [-0.4, -0.2) is 54.2 Å². The predicted octanol–water partition coefficient (Wildman–Crippen LogP) is 4.41. The summed E-state index contributed by atoms with van der Waals surface area (Å²) in [5.41, 5.74) is 4.60. The summed E-state index contributed by atoms with van der Waals surface area (Å²) in [6, 6.07) is 14.9. The van der Waals surface area contributed by atoms with E-state index in [0.717, 1.165) is 35.1 Å². The molecule has 2 saturated carbocycles. The zero-order chi connectivity index (χ0) is 24.6. The van der Waals surface area contributed by atoms with E-state index >= 15 is 0 Å². The quantitative estimate of drug-likeness (QED) is 0.589. The summed E-state index contributed by atoms with van der Waals surface area (Å²) in [6.07, 6.45) is 4.61. The number of aliphatic carboxylic acids is 1. The molecule has 3 atom stereocenters. The summed E-state index contributed by atoms with van der Waals surface area (Å²) in [5, 5.41) is 11.9. The molecule has 3 aliphatic carbocycles. The minimum absolute atomic E-state index is 0.106. The van der Waals surface area contributed by atoms with E-state index in [4.69, 9.17) is 4.74 Å². The number of benzene rings is 2. The Balaban J connectivity index is 1.22. The first-order chi connectivity index (χ1) is 16.9. The number of nitrogens with one attached hydrogen (secondary N) is 1. The van der Waals surface area contributed by atoms with Gasteiger partial charge in [0.1, 0.15) is 12.6 Å². The first-order valence-electron chi connectivity index (χ1n) is 12.5. The summed E-state index contributed by atoms with van der Waals surface area (Å²) in [6.45, 7) is 0.716. The van der Waals surface area contributed by atoms with Crippen molar-refractivity contribution in [2.24, 2.45) is 11.3 Å². The smallest absolute Gasteiger partial charge is 0.407 e. The molecule has 0 spiro atoms. The highest BCUT2D eigenvalue weighted by Crippen LogP contribution is 2.61. The monoisotopic (exact) mass is 476 g/mol. The van der Waals surface area contributed by atoms with Crippen LogP contribution in [0.2, 0.25) is 0 Å². The average molecular weight is 477 g/mol. The van der Waals surface area contributed by atoms with E-state index in [0.29, 0.717) is 12.5 Å². The summed E-state index contributed by atoms with van der Waals surface area (Å²) in [5.74, 6) is -0.969. The van der Waals surface area contributed by atoms with E-state index in [1.165, 1.54) is 19.3 Å². The van der Waals surface area contributed by atoms with Crippen molar-refractivity contribution in [3.63, 3.8) is 0 Å². The normalized spacial score (nSPS) is 22.8. The number of fused-ring (bicyclic) bond motifs is 4. The second-order valence-electron chi connectivity index (χ2n) is 10.3. The van der Waals surface area contributed by atoms with Crippen molar-refractivity contribution in [1.82, 2.24) is 10.2 Å². The third-order valence-electron chi connectivity index (χ3n) is 8.08. The Labute approximate surface area is 205 Å². The van der Waals surface area contributed by atoms with Crippen LogP contribution in [0.1, 0.15) is 55.6 Å². The molecule has 2 aromatic rings. The van der Waals surface area contributed by atoms with Gasteiger partial charge in [-0.2, -0.15) is 0 Å². The molecule has 3 unspecified atom stereocenters. The van der Waals surface area contributed by atoms with Crippen molar-refractivity contribution < 1.29 is 24.2 Å². The zero-order valence-electron chi connectivity index (χ0n) is 20.0. The SMILES string of the molecule is CN(CC12CCCCC1C2)C(=O)C(CC(=O)O)NC(=O)OCC1c2ccccc2-c2ccccc21. The van der Waals surface area contributed by atoms with E-state index in [1.807, 2.05) is 36.4 Å². The Kier molecular flexibility index (Phi) is 6.26. The molecular formula is C28H32N2O5. The van der Waals surface area contributed by atoms with Gasteiger partial charge in [-0.15, -0.1) is 0 Å². The van der Waals surface area contributed by atoms with Crippen LogP contribution in [0, 0.1) is 11.3 Å². The molecule has 5 rings (SSSR count). The Morgan fingerprint density at radius 3 is 2.37 bits per heavy atom. The molecule has 184 valence electrons. The van der Waals surface area contributed by atoms with Gasteiger partial charge in [-0.3, -0.25) is 9.59 Å². The van der Waals surface area contributed by atoms with Crippen molar-refractivity contribution >= 4 is 18.0 Å². The highest BCUT2D eigenvalue weighted by molar-refractivity contribution is 5.89. The summed E-state index contributed by atoms with van der Waals surface area (Å²) in [4.78, 5) is 38.9. The lowest BCUT2D eigenvalue weighted by molar-refractivity contribution is -0.142. The van der Waals surface area contributed by atoms with Crippen LogP contribution in [-0.2, 0) is 14.3 Å². The van der Waals surface area contributed by atoms with Gasteiger partial charge in [-0.25, -0.2) is 4.79 Å². The molecule has 0 radical (unpaired) electrons. The number of carbonyl (C=O) groups is 3. The van der Waals surface area contributed by atoms with E-state index in [9.17, 15) is 19.5 Å². The second-order valence-corrected chi connectivity index (χ2v) is 10.3. The summed E-state index contributed by atoms with van der Waals surface area (Å²) < 4.78 is 5.55. The standard InChI is InChI=1S/C28H32N2O5/c1-30(17-28-13-7-6-8-18(28)15-28)26(33)24(14-25(31)32)29-27(34)35-16-23-21-11-4-2-9-19(21)20-10-3-5-12-22(20)23/h2-5,9-12,18,23-24H,6-8,13-17H2,1H3,(H,29,34)(H,31,32). The van der Waals surface area contributed by atoms with Crippen molar-refractivity contribution in [3.05, 3.63) is 59.7 Å². The average Bonchev–Trinajstić information content (AvgIpc) is 3.48. The number of alkyl carbamates (subject to hydrolysis) is 1. The molecule has 2 N–H and O–H groups in total. The fourth-order valence-electron chi connectivity index (χ4n) is 6.26. The number of hydrogen-bond donors (Lipinski definition) is 2. The first-order valence-corrected chi connectivity index (χ1v) is 12.5. The third kappa shape index (κ3) is 4.64. The van der Waals surface area contributed by atoms with Crippen molar-refractivity contribution in [2.45, 2.75) is 50.5 Å². The largest absolute Gasteiger partial charge is 0.481 e. The van der Waals surface area contributed by atoms with E-state index in [-0.39, 0.29) is 23.8 Å². The summed E-state index contributed by atoms with van der Waals surface area (Å²) in [7, 11) is 1.70. The van der Waals surface area contributed by atoms with Crippen LogP contribution >= 0.6 is 0 Å². The topological polar surface area (TPSA) is 95.9 Å². The number of nitrogens with zero attached hydrogens (tertiary/aromatic N) is 1. The van der Waals surface area contributed by atoms with E-state index in [1.54, 1.807) is 11.9 Å². The molecule has 0 aromatic heterocycles.